The molecule has 0 bridgehead atoms. The molecule has 0 aliphatic carbocycles. The fraction of sp³-hybridized carbons (Fsp3) is 0.286. The minimum atomic E-state index is -0.276. The van der Waals surface area contributed by atoms with E-state index in [0.29, 0.717) is 43.9 Å². The highest BCUT2D eigenvalue weighted by atomic mass is 16.3. The molecule has 1 aliphatic heterocycles. The minimum Gasteiger partial charge on any atom is -0.467 e. The Morgan fingerprint density at radius 2 is 2.07 bits per heavy atom. The second-order valence-corrected chi connectivity index (χ2v) is 7.02. The Bertz CT molecular complexity index is 974. The topological polar surface area (TPSA) is 91.2 Å². The summed E-state index contributed by atoms with van der Waals surface area (Å²) in [6, 6.07) is 11.5. The van der Waals surface area contributed by atoms with Crippen LogP contribution in [0.5, 0.6) is 0 Å². The lowest BCUT2D eigenvalue weighted by atomic mass is 10.0. The number of rotatable bonds is 5. The van der Waals surface area contributed by atoms with Crippen LogP contribution in [-0.2, 0) is 30.7 Å². The molecule has 144 valence electrons. The number of nitrogens with one attached hydrogen (secondary N) is 2. The third-order valence-corrected chi connectivity index (χ3v) is 4.98. The molecule has 2 aromatic heterocycles. The van der Waals surface area contributed by atoms with Crippen molar-refractivity contribution in [2.45, 2.75) is 32.9 Å². The van der Waals surface area contributed by atoms with Crippen LogP contribution in [0.3, 0.4) is 0 Å². The van der Waals surface area contributed by atoms with Crippen molar-refractivity contribution < 1.29 is 14.0 Å². The highest BCUT2D eigenvalue weighted by Crippen LogP contribution is 2.21. The first kappa shape index (κ1) is 18.0. The number of carbonyl (C=O) groups is 2. The third-order valence-electron chi connectivity index (χ3n) is 4.98. The minimum absolute atomic E-state index is 0.0534. The lowest BCUT2D eigenvalue weighted by Crippen LogP contribution is -2.37. The Labute approximate surface area is 162 Å². The van der Waals surface area contributed by atoms with Crippen LogP contribution in [0.2, 0.25) is 0 Å². The van der Waals surface area contributed by atoms with Crippen LogP contribution in [0.4, 0.5) is 0 Å². The molecular formula is C21H22N4O3. The Kier molecular flexibility index (Phi) is 4.97. The largest absolute Gasteiger partial charge is 0.467 e. The SMILES string of the molecule is Cc1ccc(CC(=O)N2CCc3[nH]nc(C(=O)NCc4ccco4)c3C2)cc1. The van der Waals surface area contributed by atoms with Crippen molar-refractivity contribution in [2.75, 3.05) is 6.54 Å². The molecule has 7 heteroatoms. The first-order valence-corrected chi connectivity index (χ1v) is 9.30. The summed E-state index contributed by atoms with van der Waals surface area (Å²) in [5, 5.41) is 9.93. The van der Waals surface area contributed by atoms with E-state index in [2.05, 4.69) is 15.5 Å². The number of furan rings is 1. The van der Waals surface area contributed by atoms with Gasteiger partial charge < -0.3 is 14.6 Å². The lowest BCUT2D eigenvalue weighted by molar-refractivity contribution is -0.131. The van der Waals surface area contributed by atoms with E-state index in [-0.39, 0.29) is 11.8 Å². The predicted octanol–water partition coefficient (Wildman–Crippen LogP) is 2.37. The van der Waals surface area contributed by atoms with Gasteiger partial charge in [0.2, 0.25) is 5.91 Å². The maximum Gasteiger partial charge on any atom is 0.272 e. The summed E-state index contributed by atoms with van der Waals surface area (Å²) < 4.78 is 5.23. The summed E-state index contributed by atoms with van der Waals surface area (Å²) in [6.45, 7) is 3.33. The normalized spacial score (nSPS) is 13.2. The highest BCUT2D eigenvalue weighted by Gasteiger charge is 2.27. The van der Waals surface area contributed by atoms with Crippen molar-refractivity contribution in [2.24, 2.45) is 0 Å². The maximum atomic E-state index is 12.7. The van der Waals surface area contributed by atoms with Gasteiger partial charge in [-0.2, -0.15) is 5.10 Å². The number of hydrogen-bond acceptors (Lipinski definition) is 4. The zero-order chi connectivity index (χ0) is 19.5. The second-order valence-electron chi connectivity index (χ2n) is 7.02. The summed E-state index contributed by atoms with van der Waals surface area (Å²) in [5.74, 6) is 0.451. The average Bonchev–Trinajstić information content (AvgIpc) is 3.37. The van der Waals surface area contributed by atoms with Gasteiger partial charge in [0.05, 0.1) is 19.2 Å². The van der Waals surface area contributed by atoms with Crippen molar-refractivity contribution in [3.63, 3.8) is 0 Å². The van der Waals surface area contributed by atoms with Crippen LogP contribution in [0, 0.1) is 6.92 Å². The molecule has 1 aromatic carbocycles. The molecule has 3 aromatic rings. The summed E-state index contributed by atoms with van der Waals surface area (Å²) in [7, 11) is 0. The average molecular weight is 378 g/mol. The van der Waals surface area contributed by atoms with E-state index in [4.69, 9.17) is 4.42 Å². The van der Waals surface area contributed by atoms with Crippen molar-refractivity contribution in [3.8, 4) is 0 Å². The molecule has 0 fully saturated rings. The number of H-pyrrole nitrogens is 1. The Hall–Kier alpha value is -3.35. The van der Waals surface area contributed by atoms with Gasteiger partial charge in [-0.05, 0) is 24.6 Å². The van der Waals surface area contributed by atoms with Gasteiger partial charge in [0.15, 0.2) is 5.69 Å². The molecule has 0 saturated heterocycles. The van der Waals surface area contributed by atoms with E-state index in [0.717, 1.165) is 16.8 Å². The summed E-state index contributed by atoms with van der Waals surface area (Å²) in [4.78, 5) is 27.1. The van der Waals surface area contributed by atoms with Gasteiger partial charge in [-0.15, -0.1) is 0 Å². The third kappa shape index (κ3) is 3.83. The molecular weight excluding hydrogens is 356 g/mol. The van der Waals surface area contributed by atoms with Gasteiger partial charge >= 0.3 is 0 Å². The fourth-order valence-electron chi connectivity index (χ4n) is 3.35. The Morgan fingerprint density at radius 3 is 2.82 bits per heavy atom. The molecule has 1 aliphatic rings. The van der Waals surface area contributed by atoms with E-state index in [9.17, 15) is 9.59 Å². The highest BCUT2D eigenvalue weighted by molar-refractivity contribution is 5.94. The molecule has 7 nitrogen and oxygen atoms in total. The van der Waals surface area contributed by atoms with Crippen LogP contribution >= 0.6 is 0 Å². The lowest BCUT2D eigenvalue weighted by Gasteiger charge is -2.27. The molecule has 4 rings (SSSR count). The van der Waals surface area contributed by atoms with E-state index in [1.165, 1.54) is 5.56 Å². The zero-order valence-corrected chi connectivity index (χ0v) is 15.7. The molecule has 2 N–H and O–H groups in total. The van der Waals surface area contributed by atoms with E-state index in [1.807, 2.05) is 31.2 Å². The monoisotopic (exact) mass is 378 g/mol. The number of amides is 2. The summed E-state index contributed by atoms with van der Waals surface area (Å²) >= 11 is 0. The fourth-order valence-corrected chi connectivity index (χ4v) is 3.35. The van der Waals surface area contributed by atoms with Crippen LogP contribution in [0.15, 0.2) is 47.1 Å². The number of fused-ring (bicyclic) bond motifs is 1. The molecule has 0 radical (unpaired) electrons. The van der Waals surface area contributed by atoms with Crippen molar-refractivity contribution in [1.29, 1.82) is 0 Å². The standard InChI is InChI=1S/C21H22N4O3/c1-14-4-6-15(7-5-14)11-19(26)25-9-8-18-17(13-25)20(24-23-18)21(27)22-12-16-3-2-10-28-16/h2-7,10H,8-9,11-13H2,1H3,(H,22,27)(H,23,24). The first-order valence-electron chi connectivity index (χ1n) is 9.30. The summed E-state index contributed by atoms with van der Waals surface area (Å²) in [6.07, 6.45) is 2.58. The van der Waals surface area contributed by atoms with Gasteiger partial charge in [-0.3, -0.25) is 14.7 Å². The Balaban J connectivity index is 1.42. The van der Waals surface area contributed by atoms with Gasteiger partial charge in [-0.25, -0.2) is 0 Å². The first-order chi connectivity index (χ1) is 13.6. The second kappa shape index (κ2) is 7.72. The van der Waals surface area contributed by atoms with E-state index < -0.39 is 0 Å². The van der Waals surface area contributed by atoms with Crippen molar-refractivity contribution in [3.05, 3.63) is 76.5 Å². The maximum absolute atomic E-state index is 12.7. The van der Waals surface area contributed by atoms with Crippen LogP contribution in [-0.4, -0.2) is 33.5 Å². The van der Waals surface area contributed by atoms with Crippen molar-refractivity contribution in [1.82, 2.24) is 20.4 Å². The number of aromatic amines is 1. The molecule has 28 heavy (non-hydrogen) atoms. The molecule has 0 spiro atoms. The molecule has 0 saturated carbocycles. The number of benzene rings is 1. The van der Waals surface area contributed by atoms with Gasteiger partial charge in [-0.1, -0.05) is 29.8 Å². The summed E-state index contributed by atoms with van der Waals surface area (Å²) in [5.41, 5.74) is 4.21. The van der Waals surface area contributed by atoms with E-state index >= 15 is 0 Å². The zero-order valence-electron chi connectivity index (χ0n) is 15.7. The van der Waals surface area contributed by atoms with E-state index in [1.54, 1.807) is 23.3 Å². The van der Waals surface area contributed by atoms with Crippen LogP contribution < -0.4 is 5.32 Å². The molecule has 3 heterocycles. The smallest absolute Gasteiger partial charge is 0.272 e. The molecule has 0 atom stereocenters. The van der Waals surface area contributed by atoms with Crippen molar-refractivity contribution >= 4 is 11.8 Å². The van der Waals surface area contributed by atoms with Crippen LogP contribution in [0.1, 0.15) is 38.6 Å². The number of aromatic nitrogens is 2. The van der Waals surface area contributed by atoms with Gasteiger partial charge in [0.25, 0.3) is 5.91 Å². The number of hydrogen-bond donors (Lipinski definition) is 2. The molecule has 0 unspecified atom stereocenters. The molecule has 2 amide bonds. The van der Waals surface area contributed by atoms with Gasteiger partial charge in [0.1, 0.15) is 5.76 Å². The van der Waals surface area contributed by atoms with Gasteiger partial charge in [0, 0.05) is 30.8 Å². The van der Waals surface area contributed by atoms with Crippen LogP contribution in [0.25, 0.3) is 0 Å². The quantitative estimate of drug-likeness (QED) is 0.713. The number of carbonyl (C=O) groups excluding carboxylic acids is 2. The predicted molar refractivity (Wildman–Crippen MR) is 102 cm³/mol. The Morgan fingerprint density at radius 1 is 1.25 bits per heavy atom. The number of nitrogens with zero attached hydrogens (tertiary/aromatic N) is 2. The number of aryl methyl sites for hydroxylation is 1.